The molecule has 0 atom stereocenters. The monoisotopic (exact) mass is 295 g/mol. The number of hydrogen-bond acceptors (Lipinski definition) is 4. The van der Waals surface area contributed by atoms with Gasteiger partial charge >= 0.3 is 0 Å². The molecule has 0 aliphatic rings. The van der Waals surface area contributed by atoms with Crippen molar-refractivity contribution in [1.82, 2.24) is 15.0 Å². The number of aromatic nitrogens is 3. The Kier molecular flexibility index (Phi) is 3.55. The van der Waals surface area contributed by atoms with Crippen LogP contribution in [0.3, 0.4) is 0 Å². The van der Waals surface area contributed by atoms with Gasteiger partial charge in [-0.2, -0.15) is 0 Å². The summed E-state index contributed by atoms with van der Waals surface area (Å²) in [7, 11) is 0. The lowest BCUT2D eigenvalue weighted by Crippen LogP contribution is -1.93. The largest absolute Gasteiger partial charge is 0.254 e. The second-order valence-corrected chi connectivity index (χ2v) is 6.10. The van der Waals surface area contributed by atoms with Crippen LogP contribution in [0.5, 0.6) is 0 Å². The third kappa shape index (κ3) is 2.47. The van der Waals surface area contributed by atoms with Gasteiger partial charge in [-0.05, 0) is 62.1 Å². The predicted octanol–water partition coefficient (Wildman–Crippen LogP) is 4.50. The predicted molar refractivity (Wildman–Crippen MR) is 87.5 cm³/mol. The second-order valence-electron chi connectivity index (χ2n) is 5.24. The van der Waals surface area contributed by atoms with E-state index in [2.05, 4.69) is 43.0 Å². The summed E-state index contributed by atoms with van der Waals surface area (Å²) in [5.74, 6) is 0. The van der Waals surface area contributed by atoms with Crippen molar-refractivity contribution in [3.05, 3.63) is 52.2 Å². The zero-order valence-corrected chi connectivity index (χ0v) is 13.5. The highest BCUT2D eigenvalue weighted by atomic mass is 32.1. The van der Waals surface area contributed by atoms with Gasteiger partial charge in [-0.15, -0.1) is 11.3 Å². The molecule has 4 heteroatoms. The zero-order chi connectivity index (χ0) is 15.0. The molecule has 0 N–H and O–H groups in total. The summed E-state index contributed by atoms with van der Waals surface area (Å²) in [6, 6.07) is 4.05. The molecule has 0 saturated carbocycles. The lowest BCUT2D eigenvalue weighted by atomic mass is 10.1. The maximum absolute atomic E-state index is 4.75. The van der Waals surface area contributed by atoms with Crippen LogP contribution in [-0.2, 0) is 0 Å². The summed E-state index contributed by atoms with van der Waals surface area (Å²) in [5, 5.41) is 3.02. The van der Waals surface area contributed by atoms with Crippen molar-refractivity contribution in [3.63, 3.8) is 0 Å². The normalized spacial score (nSPS) is 10.9. The van der Waals surface area contributed by atoms with E-state index in [4.69, 9.17) is 4.98 Å². The van der Waals surface area contributed by atoms with Crippen LogP contribution in [-0.4, -0.2) is 15.0 Å². The molecule has 0 fully saturated rings. The van der Waals surface area contributed by atoms with Crippen LogP contribution >= 0.6 is 11.3 Å². The van der Waals surface area contributed by atoms with Crippen molar-refractivity contribution in [2.75, 3.05) is 0 Å². The van der Waals surface area contributed by atoms with Crippen LogP contribution in [0.1, 0.15) is 22.3 Å². The Morgan fingerprint density at radius 1 is 0.810 bits per heavy atom. The minimum Gasteiger partial charge on any atom is -0.254 e. The van der Waals surface area contributed by atoms with Crippen LogP contribution in [0.2, 0.25) is 0 Å². The third-order valence-electron chi connectivity index (χ3n) is 3.90. The SMILES string of the molecule is Cc1ccnc(-c2csc(-c3nccc(C)c3C)n2)c1C. The molecule has 3 heterocycles. The van der Waals surface area contributed by atoms with Crippen LogP contribution in [0.25, 0.3) is 22.1 Å². The quantitative estimate of drug-likeness (QED) is 0.698. The summed E-state index contributed by atoms with van der Waals surface area (Å²) in [6.45, 7) is 8.38. The average molecular weight is 295 g/mol. The molecule has 106 valence electrons. The van der Waals surface area contributed by atoms with Gasteiger partial charge in [0.25, 0.3) is 0 Å². The van der Waals surface area contributed by atoms with E-state index in [-0.39, 0.29) is 0 Å². The number of nitrogens with zero attached hydrogens (tertiary/aromatic N) is 3. The summed E-state index contributed by atoms with van der Waals surface area (Å²) in [4.78, 5) is 13.7. The first-order valence-electron chi connectivity index (χ1n) is 6.88. The zero-order valence-electron chi connectivity index (χ0n) is 12.6. The minimum absolute atomic E-state index is 0.930. The van der Waals surface area contributed by atoms with E-state index >= 15 is 0 Å². The maximum Gasteiger partial charge on any atom is 0.142 e. The highest BCUT2D eigenvalue weighted by Gasteiger charge is 2.13. The van der Waals surface area contributed by atoms with Gasteiger partial charge in [0.1, 0.15) is 16.4 Å². The Balaban J connectivity index is 2.08. The van der Waals surface area contributed by atoms with Crippen molar-refractivity contribution in [3.8, 4) is 22.1 Å². The molecule has 0 radical (unpaired) electrons. The molecule has 3 nitrogen and oxygen atoms in total. The summed E-state index contributed by atoms with van der Waals surface area (Å²) < 4.78 is 0. The van der Waals surface area contributed by atoms with Crippen molar-refractivity contribution < 1.29 is 0 Å². The lowest BCUT2D eigenvalue weighted by Gasteiger charge is -2.05. The molecular weight excluding hydrogens is 278 g/mol. The third-order valence-corrected chi connectivity index (χ3v) is 4.75. The fourth-order valence-corrected chi connectivity index (χ4v) is 3.09. The molecule has 0 aliphatic heterocycles. The van der Waals surface area contributed by atoms with E-state index in [0.29, 0.717) is 0 Å². The molecule has 3 aromatic heterocycles. The number of thiazole rings is 1. The van der Waals surface area contributed by atoms with Crippen LogP contribution in [0.15, 0.2) is 29.9 Å². The summed E-state index contributed by atoms with van der Waals surface area (Å²) in [6.07, 6.45) is 3.68. The molecular formula is C17H17N3S. The highest BCUT2D eigenvalue weighted by molar-refractivity contribution is 7.13. The van der Waals surface area contributed by atoms with Gasteiger partial charge in [0, 0.05) is 17.8 Å². The van der Waals surface area contributed by atoms with Crippen molar-refractivity contribution in [1.29, 1.82) is 0 Å². The molecule has 0 bridgehead atoms. The number of pyridine rings is 2. The Bertz CT molecular complexity index is 740. The molecule has 0 aromatic carbocycles. The molecule has 21 heavy (non-hydrogen) atoms. The summed E-state index contributed by atoms with van der Waals surface area (Å²) in [5.41, 5.74) is 7.70. The van der Waals surface area contributed by atoms with E-state index in [0.717, 1.165) is 22.1 Å². The number of rotatable bonds is 2. The van der Waals surface area contributed by atoms with Crippen molar-refractivity contribution in [2.45, 2.75) is 27.7 Å². The smallest absolute Gasteiger partial charge is 0.142 e. The molecule has 0 spiro atoms. The van der Waals surface area contributed by atoms with Gasteiger partial charge in [0.15, 0.2) is 0 Å². The minimum atomic E-state index is 0.930. The number of aryl methyl sites for hydroxylation is 2. The summed E-state index contributed by atoms with van der Waals surface area (Å²) >= 11 is 1.62. The fraction of sp³-hybridized carbons (Fsp3) is 0.235. The van der Waals surface area contributed by atoms with Gasteiger partial charge in [0.05, 0.1) is 5.69 Å². The van der Waals surface area contributed by atoms with E-state index in [1.165, 1.54) is 22.3 Å². The van der Waals surface area contributed by atoms with Crippen molar-refractivity contribution in [2.24, 2.45) is 0 Å². The Morgan fingerprint density at radius 2 is 1.38 bits per heavy atom. The Hall–Kier alpha value is -2.07. The Morgan fingerprint density at radius 3 is 2.05 bits per heavy atom. The molecule has 0 aliphatic carbocycles. The lowest BCUT2D eigenvalue weighted by molar-refractivity contribution is 1.18. The van der Waals surface area contributed by atoms with Gasteiger partial charge in [-0.1, -0.05) is 0 Å². The van der Waals surface area contributed by atoms with Gasteiger partial charge in [-0.25, -0.2) is 4.98 Å². The van der Waals surface area contributed by atoms with E-state index in [1.807, 2.05) is 24.5 Å². The molecule has 3 rings (SSSR count). The highest BCUT2D eigenvalue weighted by Crippen LogP contribution is 2.31. The first kappa shape index (κ1) is 13.9. The number of hydrogen-bond donors (Lipinski definition) is 0. The van der Waals surface area contributed by atoms with E-state index < -0.39 is 0 Å². The van der Waals surface area contributed by atoms with Gasteiger partial charge in [-0.3, -0.25) is 9.97 Å². The average Bonchev–Trinajstić information content (AvgIpc) is 2.94. The second kappa shape index (κ2) is 5.37. The van der Waals surface area contributed by atoms with Crippen LogP contribution < -0.4 is 0 Å². The fourth-order valence-electron chi connectivity index (χ4n) is 2.23. The topological polar surface area (TPSA) is 38.7 Å². The molecule has 3 aromatic rings. The molecule has 0 amide bonds. The van der Waals surface area contributed by atoms with E-state index in [9.17, 15) is 0 Å². The standard InChI is InChI=1S/C17H17N3S/c1-10-5-7-18-15(12(10)3)14-9-21-17(20-14)16-13(4)11(2)6-8-19-16/h5-9H,1-4H3. The van der Waals surface area contributed by atoms with Gasteiger partial charge < -0.3 is 0 Å². The maximum atomic E-state index is 4.75. The first-order chi connectivity index (χ1) is 10.1. The van der Waals surface area contributed by atoms with Crippen LogP contribution in [0, 0.1) is 27.7 Å². The first-order valence-corrected chi connectivity index (χ1v) is 7.76. The molecule has 0 saturated heterocycles. The Labute approximate surface area is 128 Å². The van der Waals surface area contributed by atoms with Crippen molar-refractivity contribution >= 4 is 11.3 Å². The van der Waals surface area contributed by atoms with Gasteiger partial charge in [0.2, 0.25) is 0 Å². The van der Waals surface area contributed by atoms with E-state index in [1.54, 1.807) is 11.3 Å². The van der Waals surface area contributed by atoms with Crippen LogP contribution in [0.4, 0.5) is 0 Å². The molecule has 0 unspecified atom stereocenters.